The zero-order valence-corrected chi connectivity index (χ0v) is 19.7. The maximum absolute atomic E-state index is 12.6. The van der Waals surface area contributed by atoms with Crippen molar-refractivity contribution in [2.45, 2.75) is 11.3 Å². The van der Waals surface area contributed by atoms with E-state index in [1.165, 1.54) is 18.9 Å². The predicted molar refractivity (Wildman–Crippen MR) is 125 cm³/mol. The fraction of sp³-hybridized carbons (Fsp3) is 0.333. The molecule has 0 aromatic heterocycles. The van der Waals surface area contributed by atoms with Crippen LogP contribution in [-0.4, -0.2) is 63.1 Å². The van der Waals surface area contributed by atoms with Gasteiger partial charge in [0.1, 0.15) is 17.2 Å². The number of benzene rings is 2. The molecule has 8 nitrogen and oxygen atoms in total. The molecule has 0 radical (unpaired) electrons. The Morgan fingerprint density at radius 3 is 2.53 bits per heavy atom. The highest BCUT2D eigenvalue weighted by Crippen LogP contribution is 2.44. The number of anilines is 1. The minimum absolute atomic E-state index is 0.0195. The van der Waals surface area contributed by atoms with Crippen molar-refractivity contribution in [2.75, 3.05) is 37.2 Å². The molecule has 2 heterocycles. The summed E-state index contributed by atoms with van der Waals surface area (Å²) in [5, 5.41) is 0.760. The van der Waals surface area contributed by atoms with E-state index in [2.05, 4.69) is 4.99 Å². The lowest BCUT2D eigenvalue weighted by atomic mass is 10.2. The Balaban J connectivity index is 1.61. The summed E-state index contributed by atoms with van der Waals surface area (Å²) in [6.45, 7) is -0.257. The second-order valence-corrected chi connectivity index (χ2v) is 11.0. The molecule has 0 spiro atoms. The van der Waals surface area contributed by atoms with E-state index in [4.69, 9.17) is 25.8 Å². The predicted octanol–water partition coefficient (Wildman–Crippen LogP) is 3.04. The zero-order valence-electron chi connectivity index (χ0n) is 17.4. The van der Waals surface area contributed by atoms with E-state index in [1.54, 1.807) is 54.5 Å². The van der Waals surface area contributed by atoms with E-state index in [0.717, 1.165) is 0 Å². The highest BCUT2D eigenvalue weighted by molar-refractivity contribution is 8.16. The van der Waals surface area contributed by atoms with Crippen molar-refractivity contribution in [1.29, 1.82) is 0 Å². The number of fused-ring (bicyclic) bond motifs is 1. The summed E-state index contributed by atoms with van der Waals surface area (Å²) in [5.41, 5.74) is 0.621. The number of ether oxygens (including phenoxy) is 3. The Bertz CT molecular complexity index is 1150. The highest BCUT2D eigenvalue weighted by atomic mass is 35.5. The summed E-state index contributed by atoms with van der Waals surface area (Å²) in [7, 11) is -0.116. The van der Waals surface area contributed by atoms with Gasteiger partial charge in [-0.15, -0.1) is 0 Å². The molecule has 0 bridgehead atoms. The normalized spacial score (nSPS) is 22.6. The number of amidine groups is 1. The third kappa shape index (κ3) is 4.82. The first-order valence-corrected chi connectivity index (χ1v) is 12.8. The summed E-state index contributed by atoms with van der Waals surface area (Å²) in [5.74, 6) is 1.12. The fourth-order valence-electron chi connectivity index (χ4n) is 3.64. The molecule has 170 valence electrons. The zero-order chi connectivity index (χ0) is 22.9. The lowest BCUT2D eigenvalue weighted by Crippen LogP contribution is -2.38. The lowest BCUT2D eigenvalue weighted by molar-refractivity contribution is -0.119. The molecule has 2 aromatic carbocycles. The molecule has 2 aromatic rings. The van der Waals surface area contributed by atoms with Crippen molar-refractivity contribution < 1.29 is 27.4 Å². The number of carbonyl (C=O) groups excluding carboxylic acids is 1. The van der Waals surface area contributed by atoms with E-state index in [9.17, 15) is 13.2 Å². The smallest absolute Gasteiger partial charge is 0.285 e. The van der Waals surface area contributed by atoms with Gasteiger partial charge >= 0.3 is 0 Å². The standard InChI is InChI=1S/C21H21ClN2O6S2/c1-28-15-7-8-16(18(9-15)29-2)24-17-11-32(26,27)12-19(17)31-21(24)23-20(25)10-30-14-5-3-13(22)4-6-14/h3-9,17,19H,10-12H2,1-2H3/t17-,19+/m0/s1. The van der Waals surface area contributed by atoms with Crippen LogP contribution in [0.3, 0.4) is 0 Å². The first-order valence-electron chi connectivity index (χ1n) is 9.68. The Morgan fingerprint density at radius 1 is 1.12 bits per heavy atom. The number of hydrogen-bond acceptors (Lipinski definition) is 7. The van der Waals surface area contributed by atoms with Crippen molar-refractivity contribution >= 4 is 50.0 Å². The third-order valence-corrected chi connectivity index (χ3v) is 8.57. The summed E-state index contributed by atoms with van der Waals surface area (Å²) < 4.78 is 40.8. The van der Waals surface area contributed by atoms with E-state index in [1.807, 2.05) is 0 Å². The maximum atomic E-state index is 12.6. The summed E-state index contributed by atoms with van der Waals surface area (Å²) >= 11 is 7.14. The first-order chi connectivity index (χ1) is 15.3. The largest absolute Gasteiger partial charge is 0.497 e. The second kappa shape index (κ2) is 9.21. The number of hydrogen-bond donors (Lipinski definition) is 0. The van der Waals surface area contributed by atoms with E-state index in [-0.39, 0.29) is 29.4 Å². The Kier molecular flexibility index (Phi) is 6.55. The van der Waals surface area contributed by atoms with Crippen LogP contribution in [0.4, 0.5) is 5.69 Å². The van der Waals surface area contributed by atoms with Crippen LogP contribution in [0, 0.1) is 0 Å². The van der Waals surface area contributed by atoms with Gasteiger partial charge in [0.15, 0.2) is 21.6 Å². The van der Waals surface area contributed by atoms with Gasteiger partial charge in [-0.2, -0.15) is 4.99 Å². The third-order valence-electron chi connectivity index (χ3n) is 5.11. The number of methoxy groups -OCH3 is 2. The van der Waals surface area contributed by atoms with Gasteiger partial charge in [-0.3, -0.25) is 4.79 Å². The minimum Gasteiger partial charge on any atom is -0.497 e. The van der Waals surface area contributed by atoms with Crippen molar-refractivity contribution in [3.8, 4) is 17.2 Å². The minimum atomic E-state index is -3.18. The highest BCUT2D eigenvalue weighted by Gasteiger charge is 2.50. The van der Waals surface area contributed by atoms with Crippen molar-refractivity contribution in [3.05, 3.63) is 47.5 Å². The molecule has 2 fully saturated rings. The molecular weight excluding hydrogens is 476 g/mol. The van der Waals surface area contributed by atoms with E-state index < -0.39 is 15.7 Å². The van der Waals surface area contributed by atoms with Gasteiger partial charge in [-0.25, -0.2) is 8.42 Å². The average Bonchev–Trinajstić information content (AvgIpc) is 3.23. The van der Waals surface area contributed by atoms with Crippen molar-refractivity contribution in [2.24, 2.45) is 4.99 Å². The quantitative estimate of drug-likeness (QED) is 0.602. The molecule has 0 N–H and O–H groups in total. The topological polar surface area (TPSA) is 94.5 Å². The fourth-order valence-corrected chi connectivity index (χ4v) is 7.70. The van der Waals surface area contributed by atoms with E-state index >= 15 is 0 Å². The van der Waals surface area contributed by atoms with Gasteiger partial charge < -0.3 is 19.1 Å². The number of rotatable bonds is 6. The Labute approximate surface area is 195 Å². The number of carbonyl (C=O) groups is 1. The SMILES string of the molecule is COc1ccc(N2C(=NC(=O)COc3ccc(Cl)cc3)S[C@@H]3CS(=O)(=O)C[C@@H]32)c(OC)c1. The van der Waals surface area contributed by atoms with Crippen LogP contribution in [0.25, 0.3) is 0 Å². The van der Waals surface area contributed by atoms with Gasteiger partial charge in [0.05, 0.1) is 37.5 Å². The number of nitrogens with zero attached hydrogens (tertiary/aromatic N) is 2. The number of aliphatic imine (C=N–C) groups is 1. The van der Waals surface area contributed by atoms with Crippen LogP contribution in [-0.2, 0) is 14.6 Å². The second-order valence-electron chi connectivity index (χ2n) is 7.24. The molecule has 2 aliphatic heterocycles. The molecule has 4 rings (SSSR count). The molecule has 1 amide bonds. The number of sulfone groups is 1. The number of thioether (sulfide) groups is 1. The molecular formula is C21H21ClN2O6S2. The van der Waals surface area contributed by atoms with Crippen LogP contribution in [0.1, 0.15) is 0 Å². The summed E-state index contributed by atoms with van der Waals surface area (Å²) in [4.78, 5) is 18.6. The monoisotopic (exact) mass is 496 g/mol. The average molecular weight is 497 g/mol. The van der Waals surface area contributed by atoms with Crippen molar-refractivity contribution in [1.82, 2.24) is 0 Å². The molecule has 2 saturated heterocycles. The van der Waals surface area contributed by atoms with Gasteiger partial charge in [0.2, 0.25) is 0 Å². The van der Waals surface area contributed by atoms with Crippen LogP contribution in [0.5, 0.6) is 17.2 Å². The molecule has 0 aliphatic carbocycles. The van der Waals surface area contributed by atoms with Crippen LogP contribution >= 0.6 is 23.4 Å². The number of amides is 1. The number of halogens is 1. The lowest BCUT2D eigenvalue weighted by Gasteiger charge is -2.26. The van der Waals surface area contributed by atoms with Gasteiger partial charge in [-0.05, 0) is 36.4 Å². The van der Waals surface area contributed by atoms with Crippen LogP contribution in [0.2, 0.25) is 5.02 Å². The first kappa shape index (κ1) is 22.8. The Hall–Kier alpha value is -2.43. The molecule has 11 heteroatoms. The molecule has 2 atom stereocenters. The molecule has 0 saturated carbocycles. The summed E-state index contributed by atoms with van der Waals surface area (Å²) in [6.07, 6.45) is 0. The molecule has 2 aliphatic rings. The Morgan fingerprint density at radius 2 is 1.84 bits per heavy atom. The van der Waals surface area contributed by atoms with Crippen LogP contribution < -0.4 is 19.1 Å². The molecule has 0 unspecified atom stereocenters. The van der Waals surface area contributed by atoms with E-state index in [0.29, 0.717) is 33.1 Å². The van der Waals surface area contributed by atoms with Crippen molar-refractivity contribution in [3.63, 3.8) is 0 Å². The van der Waals surface area contributed by atoms with Crippen LogP contribution in [0.15, 0.2) is 47.5 Å². The van der Waals surface area contributed by atoms with Gasteiger partial charge in [0.25, 0.3) is 5.91 Å². The maximum Gasteiger partial charge on any atom is 0.285 e. The van der Waals surface area contributed by atoms with Gasteiger partial charge in [0, 0.05) is 16.3 Å². The summed E-state index contributed by atoms with van der Waals surface area (Å²) in [6, 6.07) is 11.5. The van der Waals surface area contributed by atoms with Gasteiger partial charge in [-0.1, -0.05) is 23.4 Å². The molecule has 32 heavy (non-hydrogen) atoms.